The molecule has 1 aromatic heterocycles. The van der Waals surface area contributed by atoms with Crippen molar-refractivity contribution in [1.29, 1.82) is 0 Å². The van der Waals surface area contributed by atoms with Gasteiger partial charge in [-0.15, -0.1) is 0 Å². The molecule has 0 unspecified atom stereocenters. The summed E-state index contributed by atoms with van der Waals surface area (Å²) in [5, 5.41) is 9.44. The molecular formula is C20H18BrN5O. The first-order valence-corrected chi connectivity index (χ1v) is 9.41. The summed E-state index contributed by atoms with van der Waals surface area (Å²) in [5.41, 5.74) is 3.85. The monoisotopic (exact) mass is 423 g/mol. The van der Waals surface area contributed by atoms with Crippen LogP contribution in [0.1, 0.15) is 24.1 Å². The Labute approximate surface area is 165 Å². The van der Waals surface area contributed by atoms with Crippen molar-refractivity contribution in [3.63, 3.8) is 0 Å². The summed E-state index contributed by atoms with van der Waals surface area (Å²) in [7, 11) is 0. The maximum Gasteiger partial charge on any atom is 0.229 e. The molecule has 0 radical (unpaired) electrons. The molecule has 1 aliphatic rings. The zero-order chi connectivity index (χ0) is 18.8. The Morgan fingerprint density at radius 1 is 1.19 bits per heavy atom. The van der Waals surface area contributed by atoms with Gasteiger partial charge < -0.3 is 16.0 Å². The zero-order valence-electron chi connectivity index (χ0n) is 14.7. The summed E-state index contributed by atoms with van der Waals surface area (Å²) < 4.78 is 0.791. The summed E-state index contributed by atoms with van der Waals surface area (Å²) in [6, 6.07) is 16.0. The lowest BCUT2D eigenvalue weighted by Crippen LogP contribution is -2.10. The number of halogens is 1. The second-order valence-electron chi connectivity index (χ2n) is 6.39. The molecule has 0 aliphatic carbocycles. The van der Waals surface area contributed by atoms with E-state index in [0.29, 0.717) is 18.2 Å². The van der Waals surface area contributed by atoms with Gasteiger partial charge in [0.05, 0.1) is 10.9 Å². The lowest BCUT2D eigenvalue weighted by molar-refractivity contribution is -0.115. The van der Waals surface area contributed by atoms with Gasteiger partial charge in [0.15, 0.2) is 0 Å². The number of carbonyl (C=O) groups excluding carboxylic acids is 1. The lowest BCUT2D eigenvalue weighted by atomic mass is 10.1. The van der Waals surface area contributed by atoms with E-state index in [1.165, 1.54) is 5.56 Å². The normalized spacial score (nSPS) is 13.6. The van der Waals surface area contributed by atoms with E-state index in [-0.39, 0.29) is 11.9 Å². The van der Waals surface area contributed by atoms with Crippen LogP contribution < -0.4 is 16.0 Å². The Kier molecular flexibility index (Phi) is 4.77. The largest absolute Gasteiger partial charge is 0.362 e. The van der Waals surface area contributed by atoms with E-state index in [9.17, 15) is 4.79 Å². The van der Waals surface area contributed by atoms with E-state index in [0.717, 1.165) is 21.4 Å². The average Bonchev–Trinajstić information content (AvgIpc) is 3.04. The molecule has 2 heterocycles. The molecule has 0 spiro atoms. The maximum absolute atomic E-state index is 11.5. The number of nitrogens with zero attached hydrogens (tertiary/aromatic N) is 2. The highest BCUT2D eigenvalue weighted by Crippen LogP contribution is 2.29. The molecule has 4 rings (SSSR count). The SMILES string of the molecule is C[C@H](Nc1nc(Nc2ccc3c(c2)CC(=O)N3)ncc1Br)c1ccccc1. The molecule has 0 bridgehead atoms. The predicted molar refractivity (Wildman–Crippen MR) is 110 cm³/mol. The second kappa shape index (κ2) is 7.36. The first kappa shape index (κ1) is 17.5. The summed E-state index contributed by atoms with van der Waals surface area (Å²) in [4.78, 5) is 20.4. The van der Waals surface area contributed by atoms with E-state index in [1.807, 2.05) is 36.4 Å². The van der Waals surface area contributed by atoms with E-state index >= 15 is 0 Å². The summed E-state index contributed by atoms with van der Waals surface area (Å²) >= 11 is 3.50. The fourth-order valence-corrected chi connectivity index (χ4v) is 3.30. The first-order chi connectivity index (χ1) is 13.1. The van der Waals surface area contributed by atoms with Gasteiger partial charge >= 0.3 is 0 Å². The quantitative estimate of drug-likeness (QED) is 0.556. The number of hydrogen-bond acceptors (Lipinski definition) is 5. The predicted octanol–water partition coefficient (Wildman–Crippen LogP) is 4.65. The molecule has 27 heavy (non-hydrogen) atoms. The highest BCUT2D eigenvalue weighted by molar-refractivity contribution is 9.10. The van der Waals surface area contributed by atoms with Crippen LogP contribution >= 0.6 is 15.9 Å². The summed E-state index contributed by atoms with van der Waals surface area (Å²) in [6.07, 6.45) is 2.11. The van der Waals surface area contributed by atoms with Gasteiger partial charge in [-0.25, -0.2) is 4.98 Å². The van der Waals surface area contributed by atoms with E-state index < -0.39 is 0 Å². The Morgan fingerprint density at radius 2 is 2.00 bits per heavy atom. The molecular weight excluding hydrogens is 406 g/mol. The fourth-order valence-electron chi connectivity index (χ4n) is 2.99. The number of fused-ring (bicyclic) bond motifs is 1. The zero-order valence-corrected chi connectivity index (χ0v) is 16.2. The Hall–Kier alpha value is -2.93. The van der Waals surface area contributed by atoms with Crippen LogP contribution in [-0.4, -0.2) is 15.9 Å². The Bertz CT molecular complexity index is 993. The minimum atomic E-state index is 0.0171. The first-order valence-electron chi connectivity index (χ1n) is 8.62. The van der Waals surface area contributed by atoms with Crippen LogP contribution in [0.2, 0.25) is 0 Å². The number of aromatic nitrogens is 2. The molecule has 1 aliphatic heterocycles. The third kappa shape index (κ3) is 3.93. The van der Waals surface area contributed by atoms with Crippen LogP contribution in [0, 0.1) is 0 Å². The number of benzene rings is 2. The van der Waals surface area contributed by atoms with E-state index in [4.69, 9.17) is 0 Å². The van der Waals surface area contributed by atoms with Gasteiger partial charge in [-0.3, -0.25) is 4.79 Å². The van der Waals surface area contributed by atoms with Gasteiger partial charge in [0.2, 0.25) is 11.9 Å². The van der Waals surface area contributed by atoms with Gasteiger partial charge in [-0.2, -0.15) is 4.98 Å². The van der Waals surface area contributed by atoms with E-state index in [2.05, 4.69) is 60.9 Å². The number of hydrogen-bond donors (Lipinski definition) is 3. The van der Waals surface area contributed by atoms with Crippen LogP contribution in [0.3, 0.4) is 0 Å². The number of amides is 1. The van der Waals surface area contributed by atoms with Crippen LogP contribution in [0.15, 0.2) is 59.2 Å². The van der Waals surface area contributed by atoms with Crippen molar-refractivity contribution < 1.29 is 4.79 Å². The lowest BCUT2D eigenvalue weighted by Gasteiger charge is -2.16. The minimum Gasteiger partial charge on any atom is -0.362 e. The summed E-state index contributed by atoms with van der Waals surface area (Å²) in [6.45, 7) is 2.08. The minimum absolute atomic E-state index is 0.0171. The molecule has 1 amide bonds. The Balaban J connectivity index is 1.52. The molecule has 7 heteroatoms. The highest BCUT2D eigenvalue weighted by Gasteiger charge is 2.18. The van der Waals surface area contributed by atoms with Gasteiger partial charge in [-0.05, 0) is 52.2 Å². The van der Waals surface area contributed by atoms with Crippen LogP contribution in [-0.2, 0) is 11.2 Å². The summed E-state index contributed by atoms with van der Waals surface area (Å²) in [5.74, 6) is 1.21. The van der Waals surface area contributed by atoms with Crippen LogP contribution in [0.4, 0.5) is 23.1 Å². The molecule has 0 saturated carbocycles. The maximum atomic E-state index is 11.5. The standard InChI is InChI=1S/C20H18BrN5O/c1-12(13-5-3-2-4-6-13)23-19-16(21)11-22-20(26-19)24-15-7-8-17-14(9-15)10-18(27)25-17/h2-9,11-12H,10H2,1H3,(H,25,27)(H2,22,23,24,26)/t12-/m0/s1. The Morgan fingerprint density at radius 3 is 2.81 bits per heavy atom. The molecule has 136 valence electrons. The molecule has 3 aromatic rings. The van der Waals surface area contributed by atoms with Crippen molar-refractivity contribution in [3.05, 3.63) is 70.3 Å². The van der Waals surface area contributed by atoms with Crippen molar-refractivity contribution in [1.82, 2.24) is 9.97 Å². The number of anilines is 4. The molecule has 0 fully saturated rings. The smallest absolute Gasteiger partial charge is 0.229 e. The van der Waals surface area contributed by atoms with Crippen molar-refractivity contribution in [2.45, 2.75) is 19.4 Å². The third-order valence-electron chi connectivity index (χ3n) is 4.38. The number of nitrogens with one attached hydrogen (secondary N) is 3. The van der Waals surface area contributed by atoms with Gasteiger partial charge in [0.25, 0.3) is 0 Å². The van der Waals surface area contributed by atoms with Crippen molar-refractivity contribution >= 4 is 45.0 Å². The molecule has 2 aromatic carbocycles. The number of carbonyl (C=O) groups is 1. The van der Waals surface area contributed by atoms with Gasteiger partial charge in [0, 0.05) is 23.6 Å². The van der Waals surface area contributed by atoms with Gasteiger partial charge in [-0.1, -0.05) is 30.3 Å². The number of rotatable bonds is 5. The van der Waals surface area contributed by atoms with Crippen LogP contribution in [0.25, 0.3) is 0 Å². The fraction of sp³-hybridized carbons (Fsp3) is 0.150. The van der Waals surface area contributed by atoms with Crippen LogP contribution in [0.5, 0.6) is 0 Å². The molecule has 1 atom stereocenters. The van der Waals surface area contributed by atoms with Crippen molar-refractivity contribution in [3.8, 4) is 0 Å². The highest BCUT2D eigenvalue weighted by atomic mass is 79.9. The third-order valence-corrected chi connectivity index (χ3v) is 4.96. The molecule has 6 nitrogen and oxygen atoms in total. The van der Waals surface area contributed by atoms with Crippen molar-refractivity contribution in [2.75, 3.05) is 16.0 Å². The van der Waals surface area contributed by atoms with Gasteiger partial charge in [0.1, 0.15) is 5.82 Å². The van der Waals surface area contributed by atoms with E-state index in [1.54, 1.807) is 6.20 Å². The second-order valence-corrected chi connectivity index (χ2v) is 7.24. The molecule has 0 saturated heterocycles. The molecule has 3 N–H and O–H groups in total. The topological polar surface area (TPSA) is 78.9 Å². The average molecular weight is 424 g/mol. The van der Waals surface area contributed by atoms with Crippen molar-refractivity contribution in [2.24, 2.45) is 0 Å².